The van der Waals surface area contributed by atoms with Gasteiger partial charge in [-0.2, -0.15) is 0 Å². The highest BCUT2D eigenvalue weighted by atomic mass is 79.9. The van der Waals surface area contributed by atoms with Crippen LogP contribution >= 0.6 is 43.5 Å². The molecule has 0 radical (unpaired) electrons. The van der Waals surface area contributed by atoms with Crippen LogP contribution in [0.1, 0.15) is 30.5 Å². The van der Waals surface area contributed by atoms with E-state index in [-0.39, 0.29) is 0 Å². The second-order valence-electron chi connectivity index (χ2n) is 3.25. The fourth-order valence-corrected chi connectivity index (χ4v) is 4.08. The van der Waals surface area contributed by atoms with Crippen molar-refractivity contribution in [2.45, 2.75) is 32.6 Å². The van der Waals surface area contributed by atoms with Crippen molar-refractivity contribution in [1.29, 1.82) is 0 Å². The normalized spacial score (nSPS) is 10.7. The smallest absolute Gasteiger partial charge is 0.124 e. The van der Waals surface area contributed by atoms with E-state index in [9.17, 15) is 5.11 Å². The first-order valence-electron chi connectivity index (χ1n) is 4.84. The van der Waals surface area contributed by atoms with Crippen LogP contribution in [-0.4, -0.2) is 5.11 Å². The maximum Gasteiger partial charge on any atom is 0.124 e. The molecule has 0 unspecified atom stereocenters. The molecule has 0 bridgehead atoms. The van der Waals surface area contributed by atoms with E-state index in [2.05, 4.69) is 31.9 Å². The third kappa shape index (κ3) is 2.34. The van der Waals surface area contributed by atoms with E-state index in [0.717, 1.165) is 38.5 Å². The number of rotatable bonds is 3. The molecule has 1 aromatic rings. The maximum atomic E-state index is 10.1. The van der Waals surface area contributed by atoms with Crippen LogP contribution in [0.5, 0.6) is 5.75 Å². The number of phenols is 1. The van der Waals surface area contributed by atoms with Crippen molar-refractivity contribution in [3.05, 3.63) is 25.6 Å². The summed E-state index contributed by atoms with van der Waals surface area (Å²) in [5.74, 6) is 0.814. The molecule has 0 saturated heterocycles. The first-order valence-corrected chi connectivity index (χ1v) is 6.96. The third-order valence-electron chi connectivity index (χ3n) is 2.47. The summed E-state index contributed by atoms with van der Waals surface area (Å²) in [4.78, 5) is 0. The number of phenolic OH excluding ortho intramolecular Hbond substituents is 1. The molecule has 1 aromatic carbocycles. The molecule has 1 rings (SSSR count). The SMILES string of the molecule is CCc1c(O)c(CC)c(Br)c(CCl)c1Br. The average molecular weight is 356 g/mol. The van der Waals surface area contributed by atoms with Gasteiger partial charge in [0, 0.05) is 26.0 Å². The van der Waals surface area contributed by atoms with Crippen molar-refractivity contribution in [3.8, 4) is 5.75 Å². The molecule has 84 valence electrons. The summed E-state index contributed by atoms with van der Waals surface area (Å²) in [6.45, 7) is 4.04. The zero-order chi connectivity index (χ0) is 11.6. The molecule has 0 atom stereocenters. The van der Waals surface area contributed by atoms with Crippen LogP contribution in [0.4, 0.5) is 0 Å². The van der Waals surface area contributed by atoms with Crippen LogP contribution in [0.25, 0.3) is 0 Å². The zero-order valence-electron chi connectivity index (χ0n) is 8.70. The molecule has 0 heterocycles. The first-order chi connectivity index (χ1) is 7.08. The number of aromatic hydroxyl groups is 1. The van der Waals surface area contributed by atoms with Crippen LogP contribution in [-0.2, 0) is 18.7 Å². The van der Waals surface area contributed by atoms with Gasteiger partial charge in [-0.15, -0.1) is 11.6 Å². The predicted octanol–water partition coefficient (Wildman–Crippen LogP) is 4.78. The summed E-state index contributed by atoms with van der Waals surface area (Å²) in [6.07, 6.45) is 1.58. The molecule has 0 amide bonds. The van der Waals surface area contributed by atoms with Gasteiger partial charge in [0.15, 0.2) is 0 Å². The lowest BCUT2D eigenvalue weighted by Crippen LogP contribution is -1.97. The second kappa shape index (κ2) is 5.55. The van der Waals surface area contributed by atoms with Crippen molar-refractivity contribution in [3.63, 3.8) is 0 Å². The summed E-state index contributed by atoms with van der Waals surface area (Å²) < 4.78 is 1.84. The van der Waals surface area contributed by atoms with Crippen molar-refractivity contribution < 1.29 is 5.11 Å². The molecule has 0 spiro atoms. The Hall–Kier alpha value is 0.270. The Morgan fingerprint density at radius 3 is 1.67 bits per heavy atom. The summed E-state index contributed by atoms with van der Waals surface area (Å²) in [6, 6.07) is 0. The summed E-state index contributed by atoms with van der Waals surface area (Å²) in [5, 5.41) is 10.1. The minimum Gasteiger partial charge on any atom is -0.507 e. The van der Waals surface area contributed by atoms with Crippen LogP contribution in [0.2, 0.25) is 0 Å². The quantitative estimate of drug-likeness (QED) is 0.773. The maximum absolute atomic E-state index is 10.1. The Balaban J connectivity index is 3.57. The molecule has 0 aliphatic carbocycles. The van der Waals surface area contributed by atoms with Gasteiger partial charge in [0.2, 0.25) is 0 Å². The van der Waals surface area contributed by atoms with Crippen LogP contribution in [0.15, 0.2) is 8.95 Å². The molecular formula is C11H13Br2ClO. The highest BCUT2D eigenvalue weighted by Gasteiger charge is 2.18. The molecule has 1 nitrogen and oxygen atoms in total. The average Bonchev–Trinajstić information content (AvgIpc) is 2.19. The van der Waals surface area contributed by atoms with Crippen molar-refractivity contribution in [2.75, 3.05) is 0 Å². The molecule has 0 aliphatic heterocycles. The zero-order valence-corrected chi connectivity index (χ0v) is 12.6. The van der Waals surface area contributed by atoms with Gasteiger partial charge in [0.25, 0.3) is 0 Å². The number of hydrogen-bond acceptors (Lipinski definition) is 1. The Kier molecular flexibility index (Phi) is 4.94. The summed E-state index contributed by atoms with van der Waals surface area (Å²) >= 11 is 12.9. The highest BCUT2D eigenvalue weighted by Crippen LogP contribution is 2.40. The Bertz CT molecular complexity index is 299. The number of halogens is 3. The van der Waals surface area contributed by atoms with Gasteiger partial charge >= 0.3 is 0 Å². The topological polar surface area (TPSA) is 20.2 Å². The lowest BCUT2D eigenvalue weighted by atomic mass is 10.0. The van der Waals surface area contributed by atoms with E-state index in [0.29, 0.717) is 11.6 Å². The van der Waals surface area contributed by atoms with E-state index >= 15 is 0 Å². The number of hydrogen-bond donors (Lipinski definition) is 1. The number of alkyl halides is 1. The van der Waals surface area contributed by atoms with E-state index in [1.807, 2.05) is 13.8 Å². The minimum absolute atomic E-state index is 0.382. The Morgan fingerprint density at radius 2 is 1.40 bits per heavy atom. The largest absolute Gasteiger partial charge is 0.507 e. The lowest BCUT2D eigenvalue weighted by molar-refractivity contribution is 0.461. The molecule has 0 fully saturated rings. The van der Waals surface area contributed by atoms with E-state index in [1.54, 1.807) is 0 Å². The molecule has 0 aromatic heterocycles. The van der Waals surface area contributed by atoms with Gasteiger partial charge in [-0.05, 0) is 18.4 Å². The van der Waals surface area contributed by atoms with Gasteiger partial charge in [-0.3, -0.25) is 0 Å². The second-order valence-corrected chi connectivity index (χ2v) is 5.11. The number of benzene rings is 1. The standard InChI is InChI=1S/C11H13Br2ClO/c1-3-6-9(12)8(5-14)10(13)7(4-2)11(6)15/h15H,3-5H2,1-2H3. The van der Waals surface area contributed by atoms with E-state index < -0.39 is 0 Å². The third-order valence-corrected chi connectivity index (χ3v) is 4.65. The molecule has 4 heteroatoms. The summed E-state index contributed by atoms with van der Waals surface area (Å²) in [5.41, 5.74) is 2.89. The van der Waals surface area contributed by atoms with Crippen LogP contribution in [0.3, 0.4) is 0 Å². The molecule has 0 aliphatic rings. The van der Waals surface area contributed by atoms with Gasteiger partial charge in [-0.1, -0.05) is 45.7 Å². The fourth-order valence-electron chi connectivity index (χ4n) is 1.61. The van der Waals surface area contributed by atoms with Crippen LogP contribution < -0.4 is 0 Å². The van der Waals surface area contributed by atoms with Gasteiger partial charge < -0.3 is 5.11 Å². The van der Waals surface area contributed by atoms with Crippen molar-refractivity contribution in [1.82, 2.24) is 0 Å². The fraction of sp³-hybridized carbons (Fsp3) is 0.455. The lowest BCUT2D eigenvalue weighted by Gasteiger charge is -2.16. The minimum atomic E-state index is 0.382. The van der Waals surface area contributed by atoms with E-state index in [4.69, 9.17) is 11.6 Å². The van der Waals surface area contributed by atoms with Crippen LogP contribution in [0, 0.1) is 0 Å². The highest BCUT2D eigenvalue weighted by molar-refractivity contribution is 9.11. The first kappa shape index (κ1) is 13.3. The molecule has 1 N–H and O–H groups in total. The predicted molar refractivity (Wildman–Crippen MR) is 71.8 cm³/mol. The molecular weight excluding hydrogens is 343 g/mol. The Morgan fingerprint density at radius 1 is 1.00 bits per heavy atom. The van der Waals surface area contributed by atoms with E-state index in [1.165, 1.54) is 0 Å². The van der Waals surface area contributed by atoms with Crippen molar-refractivity contribution >= 4 is 43.5 Å². The van der Waals surface area contributed by atoms with Gasteiger partial charge in [0.05, 0.1) is 0 Å². The van der Waals surface area contributed by atoms with Gasteiger partial charge in [-0.25, -0.2) is 0 Å². The molecule has 15 heavy (non-hydrogen) atoms. The molecule has 0 saturated carbocycles. The van der Waals surface area contributed by atoms with Crippen molar-refractivity contribution in [2.24, 2.45) is 0 Å². The Labute approximate surface area is 112 Å². The van der Waals surface area contributed by atoms with Gasteiger partial charge in [0.1, 0.15) is 5.75 Å². The monoisotopic (exact) mass is 354 g/mol. The summed E-state index contributed by atoms with van der Waals surface area (Å²) in [7, 11) is 0.